The van der Waals surface area contributed by atoms with E-state index in [2.05, 4.69) is 10.6 Å². The van der Waals surface area contributed by atoms with E-state index < -0.39 is 24.1 Å². The minimum absolute atomic E-state index is 0.0698. The molecule has 10 heteroatoms. The molecule has 3 atom stereocenters. The second-order valence-corrected chi connectivity index (χ2v) is 7.81. The van der Waals surface area contributed by atoms with Crippen molar-refractivity contribution in [1.29, 1.82) is 0 Å². The zero-order chi connectivity index (χ0) is 21.8. The molecule has 1 saturated heterocycles. The van der Waals surface area contributed by atoms with E-state index in [1.807, 2.05) is 6.07 Å². The van der Waals surface area contributed by atoms with E-state index in [9.17, 15) is 24.3 Å². The number of carbonyl (C=O) groups is 4. The summed E-state index contributed by atoms with van der Waals surface area (Å²) in [6, 6.07) is 8.38. The van der Waals surface area contributed by atoms with Gasteiger partial charge in [-0.3, -0.25) is 14.9 Å². The molecule has 0 radical (unpaired) electrons. The van der Waals surface area contributed by atoms with Gasteiger partial charge in [-0.05, 0) is 24.5 Å². The summed E-state index contributed by atoms with van der Waals surface area (Å²) in [6.45, 7) is 2.98. The number of β-lactam (4-membered cyclic amide) rings is 1. The maximum atomic E-state index is 12.6. The van der Waals surface area contributed by atoms with Crippen molar-refractivity contribution in [1.82, 2.24) is 10.2 Å². The largest absolute Gasteiger partial charge is 0.477 e. The number of nitrogens with one attached hydrogen (secondary N) is 2. The molecule has 2 aliphatic heterocycles. The summed E-state index contributed by atoms with van der Waals surface area (Å²) in [4.78, 5) is 49.1. The highest BCUT2D eigenvalue weighted by atomic mass is 32.2. The first-order valence-corrected chi connectivity index (χ1v) is 10.1. The molecule has 0 aliphatic carbocycles. The van der Waals surface area contributed by atoms with Crippen molar-refractivity contribution in [3.63, 3.8) is 0 Å². The number of carboxylic acid groups (broad SMARTS) is 1. The van der Waals surface area contributed by atoms with Gasteiger partial charge >= 0.3 is 12.1 Å². The molecule has 0 saturated carbocycles. The fraction of sp³-hybridized carbons (Fsp3) is 0.300. The zero-order valence-corrected chi connectivity index (χ0v) is 17.1. The minimum atomic E-state index is -1.20. The monoisotopic (exact) mass is 431 g/mol. The fourth-order valence-corrected chi connectivity index (χ4v) is 4.37. The molecule has 30 heavy (non-hydrogen) atoms. The topological polar surface area (TPSA) is 125 Å². The summed E-state index contributed by atoms with van der Waals surface area (Å²) in [5.74, 6) is -2.46. The molecular formula is C20H21N3O6S. The number of fused-ring (bicyclic) bond motifs is 1. The third-order valence-corrected chi connectivity index (χ3v) is 5.67. The Morgan fingerprint density at radius 2 is 2.00 bits per heavy atom. The van der Waals surface area contributed by atoms with Gasteiger partial charge in [0.15, 0.2) is 0 Å². The van der Waals surface area contributed by atoms with Gasteiger partial charge in [0.25, 0.3) is 0 Å². The molecule has 0 spiro atoms. The Kier molecular flexibility index (Phi) is 6.46. The molecule has 2 aliphatic rings. The maximum absolute atomic E-state index is 12.6. The maximum Gasteiger partial charge on any atom is 0.411 e. The number of carboxylic acids is 1. The van der Waals surface area contributed by atoms with Crippen LogP contribution in [0.15, 0.2) is 52.5 Å². The molecule has 3 N–H and O–H groups in total. The van der Waals surface area contributed by atoms with Crippen LogP contribution in [0.2, 0.25) is 0 Å². The molecule has 1 aromatic carbocycles. The SMILES string of the molecule is CC(=O)NC=CSC1=C(C(=O)O)N2C(=O)[C@H]([C@H](C)OC(=O)Nc3ccccc3)[C@H]2C1. The molecular weight excluding hydrogens is 410 g/mol. The number of carbonyl (C=O) groups excluding carboxylic acids is 3. The highest BCUT2D eigenvalue weighted by Crippen LogP contribution is 2.47. The first-order valence-electron chi connectivity index (χ1n) is 9.20. The van der Waals surface area contributed by atoms with Gasteiger partial charge in [0, 0.05) is 30.1 Å². The number of hydrogen-bond donors (Lipinski definition) is 3. The van der Waals surface area contributed by atoms with Crippen LogP contribution >= 0.6 is 11.8 Å². The van der Waals surface area contributed by atoms with Crippen LogP contribution in [0.3, 0.4) is 0 Å². The van der Waals surface area contributed by atoms with Gasteiger partial charge in [-0.1, -0.05) is 30.0 Å². The summed E-state index contributed by atoms with van der Waals surface area (Å²) in [5.41, 5.74) is 0.497. The van der Waals surface area contributed by atoms with E-state index in [1.165, 1.54) is 18.0 Å². The quantitative estimate of drug-likeness (QED) is 0.567. The summed E-state index contributed by atoms with van der Waals surface area (Å²) in [5, 5.41) is 16.2. The predicted octanol–water partition coefficient (Wildman–Crippen LogP) is 2.49. The molecule has 158 valence electrons. The number of hydrogen-bond acceptors (Lipinski definition) is 6. The lowest BCUT2D eigenvalue weighted by Gasteiger charge is -2.45. The van der Waals surface area contributed by atoms with Crippen LogP contribution in [0.4, 0.5) is 10.5 Å². The summed E-state index contributed by atoms with van der Waals surface area (Å²) < 4.78 is 5.36. The van der Waals surface area contributed by atoms with Gasteiger partial charge in [0.1, 0.15) is 11.8 Å². The van der Waals surface area contributed by atoms with Crippen LogP contribution in [-0.4, -0.2) is 46.0 Å². The van der Waals surface area contributed by atoms with Gasteiger partial charge in [-0.25, -0.2) is 9.59 Å². The van der Waals surface area contributed by atoms with Gasteiger partial charge in [0.05, 0.1) is 12.0 Å². The lowest BCUT2D eigenvalue weighted by Crippen LogP contribution is -2.62. The van der Waals surface area contributed by atoms with Crippen molar-refractivity contribution in [2.75, 3.05) is 5.32 Å². The molecule has 0 bridgehead atoms. The molecule has 2 heterocycles. The van der Waals surface area contributed by atoms with Crippen LogP contribution in [0.25, 0.3) is 0 Å². The standard InChI is InChI=1S/C20H21N3O6S/c1-11(29-20(28)22-13-6-4-3-5-7-13)16-14-10-15(30-9-8-21-12(2)24)17(19(26)27)23(14)18(16)25/h3-9,11,14,16H,10H2,1-2H3,(H,21,24)(H,22,28)(H,26,27)/t11-,14+,16+/m0/s1. The first kappa shape index (κ1) is 21.4. The number of aliphatic carboxylic acids is 1. The molecule has 9 nitrogen and oxygen atoms in total. The molecule has 0 aromatic heterocycles. The van der Waals surface area contributed by atoms with Crippen LogP contribution in [0.5, 0.6) is 0 Å². The molecule has 1 aromatic rings. The molecule has 1 fully saturated rings. The Morgan fingerprint density at radius 1 is 1.30 bits per heavy atom. The number of para-hydroxylation sites is 1. The van der Waals surface area contributed by atoms with Crippen molar-refractivity contribution < 1.29 is 29.0 Å². The Morgan fingerprint density at radius 3 is 2.63 bits per heavy atom. The van der Waals surface area contributed by atoms with Crippen molar-refractivity contribution in [3.05, 3.63) is 52.5 Å². The van der Waals surface area contributed by atoms with Crippen LogP contribution in [0.1, 0.15) is 20.3 Å². The van der Waals surface area contributed by atoms with Crippen LogP contribution in [-0.2, 0) is 19.1 Å². The van der Waals surface area contributed by atoms with Gasteiger partial charge in [0.2, 0.25) is 11.8 Å². The number of thioether (sulfide) groups is 1. The lowest BCUT2D eigenvalue weighted by molar-refractivity contribution is -0.161. The molecule has 3 rings (SSSR count). The van der Waals surface area contributed by atoms with Crippen molar-refractivity contribution >= 4 is 41.3 Å². The number of anilines is 1. The van der Waals surface area contributed by atoms with Crippen LogP contribution < -0.4 is 10.6 Å². The third kappa shape index (κ3) is 4.48. The summed E-state index contributed by atoms with van der Waals surface area (Å²) in [6.07, 6.45) is 0.337. The Labute approximate surface area is 177 Å². The van der Waals surface area contributed by atoms with Crippen molar-refractivity contribution in [2.45, 2.75) is 32.4 Å². The van der Waals surface area contributed by atoms with E-state index in [4.69, 9.17) is 4.74 Å². The average Bonchev–Trinajstić information content (AvgIpc) is 3.00. The van der Waals surface area contributed by atoms with Crippen LogP contribution in [0, 0.1) is 5.92 Å². The number of nitrogens with zero attached hydrogens (tertiary/aromatic N) is 1. The summed E-state index contributed by atoms with van der Waals surface area (Å²) >= 11 is 1.13. The number of benzene rings is 1. The summed E-state index contributed by atoms with van der Waals surface area (Å²) in [7, 11) is 0. The van der Waals surface area contributed by atoms with Crippen molar-refractivity contribution in [3.8, 4) is 0 Å². The van der Waals surface area contributed by atoms with E-state index in [-0.39, 0.29) is 23.6 Å². The van der Waals surface area contributed by atoms with E-state index in [0.29, 0.717) is 17.0 Å². The Balaban J connectivity index is 1.63. The van der Waals surface area contributed by atoms with Crippen molar-refractivity contribution in [2.24, 2.45) is 5.92 Å². The lowest BCUT2D eigenvalue weighted by atomic mass is 9.83. The normalized spacial score (nSPS) is 21.1. The molecule has 0 unspecified atom stereocenters. The van der Waals surface area contributed by atoms with Gasteiger partial charge < -0.3 is 20.1 Å². The molecule has 3 amide bonds. The first-order chi connectivity index (χ1) is 14.3. The Bertz CT molecular complexity index is 930. The number of rotatable bonds is 7. The van der Waals surface area contributed by atoms with E-state index >= 15 is 0 Å². The highest BCUT2D eigenvalue weighted by Gasteiger charge is 2.57. The Hall–Kier alpha value is -3.27. The zero-order valence-electron chi connectivity index (χ0n) is 16.3. The highest BCUT2D eigenvalue weighted by molar-refractivity contribution is 8.05. The van der Waals surface area contributed by atoms with Gasteiger partial charge in [-0.15, -0.1) is 0 Å². The number of ether oxygens (including phenoxy) is 1. The van der Waals surface area contributed by atoms with E-state index in [0.717, 1.165) is 11.8 Å². The third-order valence-electron chi connectivity index (χ3n) is 4.75. The average molecular weight is 431 g/mol. The predicted molar refractivity (Wildman–Crippen MR) is 110 cm³/mol. The minimum Gasteiger partial charge on any atom is -0.477 e. The second-order valence-electron chi connectivity index (χ2n) is 6.81. The smallest absolute Gasteiger partial charge is 0.411 e. The van der Waals surface area contributed by atoms with Gasteiger partial charge in [-0.2, -0.15) is 0 Å². The fourth-order valence-electron chi connectivity index (χ4n) is 3.50. The second kappa shape index (κ2) is 9.04. The number of amides is 3. The van der Waals surface area contributed by atoms with E-state index in [1.54, 1.807) is 36.6 Å².